The Hall–Kier alpha value is -1.15. The Morgan fingerprint density at radius 3 is 2.57 bits per heavy atom. The average molecular weight is 342 g/mol. The molecule has 130 valence electrons. The first kappa shape index (κ1) is 18.2. The Morgan fingerprint density at radius 2 is 2.04 bits per heavy atom. The molecule has 0 bridgehead atoms. The molecular weight excluding hydrogens is 316 g/mol. The van der Waals surface area contributed by atoms with E-state index in [1.54, 1.807) is 46.4 Å². The molecule has 0 spiro atoms. The van der Waals surface area contributed by atoms with Crippen LogP contribution in [0, 0.1) is 6.92 Å². The third-order valence-electron chi connectivity index (χ3n) is 4.52. The molecule has 2 atom stereocenters. The second-order valence-electron chi connectivity index (χ2n) is 6.10. The third kappa shape index (κ3) is 3.85. The summed E-state index contributed by atoms with van der Waals surface area (Å²) in [4.78, 5) is 2.48. The number of likely N-dealkylation sites (tertiary alicyclic amines) is 1. The Bertz CT molecular complexity index is 647. The zero-order chi connectivity index (χ0) is 17.2. The quantitative estimate of drug-likeness (QED) is 0.781. The number of nitrogens with zero attached hydrogens (tertiary/aromatic N) is 2. The van der Waals surface area contributed by atoms with E-state index in [4.69, 9.17) is 9.47 Å². The minimum Gasteiger partial charge on any atom is -0.497 e. The lowest BCUT2D eigenvalue weighted by Gasteiger charge is -2.25. The number of likely N-dealkylation sites (N-methyl/N-ethyl adjacent to an activating group) is 2. The minimum atomic E-state index is -3.52. The Morgan fingerprint density at radius 1 is 1.35 bits per heavy atom. The molecule has 1 aliphatic heterocycles. The zero-order valence-corrected chi connectivity index (χ0v) is 15.3. The summed E-state index contributed by atoms with van der Waals surface area (Å²) in [5.41, 5.74) is 0.686. The fraction of sp³-hybridized carbons (Fsp3) is 0.625. The van der Waals surface area contributed by atoms with E-state index < -0.39 is 10.0 Å². The van der Waals surface area contributed by atoms with Crippen molar-refractivity contribution >= 4 is 10.0 Å². The molecule has 0 amide bonds. The van der Waals surface area contributed by atoms with E-state index in [2.05, 4.69) is 4.90 Å². The number of hydrogen-bond acceptors (Lipinski definition) is 5. The van der Waals surface area contributed by atoms with E-state index in [1.165, 1.54) is 4.31 Å². The van der Waals surface area contributed by atoms with Gasteiger partial charge < -0.3 is 9.47 Å². The van der Waals surface area contributed by atoms with Crippen LogP contribution in [0.5, 0.6) is 5.75 Å². The highest BCUT2D eigenvalue weighted by Crippen LogP contribution is 2.25. The molecule has 0 saturated carbocycles. The number of rotatable bonds is 6. The van der Waals surface area contributed by atoms with E-state index in [1.807, 2.05) is 7.05 Å². The van der Waals surface area contributed by atoms with Gasteiger partial charge in [0.1, 0.15) is 5.75 Å². The maximum atomic E-state index is 12.8. The first-order chi connectivity index (χ1) is 10.8. The van der Waals surface area contributed by atoms with Gasteiger partial charge in [-0.05, 0) is 44.2 Å². The van der Waals surface area contributed by atoms with Gasteiger partial charge in [0.2, 0.25) is 10.0 Å². The summed E-state index contributed by atoms with van der Waals surface area (Å²) in [6, 6.07) is 5.19. The lowest BCUT2D eigenvalue weighted by molar-refractivity contribution is 0.111. The predicted octanol–water partition coefficient (Wildman–Crippen LogP) is 1.34. The highest BCUT2D eigenvalue weighted by Gasteiger charge is 2.33. The normalized spacial score (nSPS) is 22.7. The van der Waals surface area contributed by atoms with Gasteiger partial charge in [0.25, 0.3) is 0 Å². The fourth-order valence-corrected chi connectivity index (χ4v) is 4.42. The summed E-state index contributed by atoms with van der Waals surface area (Å²) in [6.07, 6.45) is 1.01. The molecule has 1 aromatic rings. The minimum absolute atomic E-state index is 0.165. The van der Waals surface area contributed by atoms with Crippen molar-refractivity contribution in [1.29, 1.82) is 0 Å². The topological polar surface area (TPSA) is 59.1 Å². The van der Waals surface area contributed by atoms with Crippen molar-refractivity contribution in [3.63, 3.8) is 0 Å². The number of benzene rings is 1. The highest BCUT2D eigenvalue weighted by molar-refractivity contribution is 7.89. The Balaban J connectivity index is 2.16. The van der Waals surface area contributed by atoms with E-state index in [0.717, 1.165) is 13.0 Å². The monoisotopic (exact) mass is 342 g/mol. The SMILES string of the molecule is COc1ccc(S(=O)(=O)N(C)C[C@@H]2C[C@H](OC)CN2C)c(C)c1. The van der Waals surface area contributed by atoms with Crippen LogP contribution >= 0.6 is 0 Å². The van der Waals surface area contributed by atoms with Crippen molar-refractivity contribution in [2.24, 2.45) is 0 Å². The van der Waals surface area contributed by atoms with Crippen molar-refractivity contribution in [3.05, 3.63) is 23.8 Å². The van der Waals surface area contributed by atoms with E-state index in [9.17, 15) is 8.42 Å². The summed E-state index contributed by atoms with van der Waals surface area (Å²) in [7, 11) is 3.38. The number of sulfonamides is 1. The summed E-state index contributed by atoms with van der Waals surface area (Å²) < 4.78 is 37.6. The number of methoxy groups -OCH3 is 2. The maximum absolute atomic E-state index is 12.8. The van der Waals surface area contributed by atoms with Crippen LogP contribution in [0.4, 0.5) is 0 Å². The molecule has 0 radical (unpaired) electrons. The van der Waals surface area contributed by atoms with Crippen LogP contribution < -0.4 is 4.74 Å². The zero-order valence-electron chi connectivity index (χ0n) is 14.4. The van der Waals surface area contributed by atoms with Crippen molar-refractivity contribution in [2.75, 3.05) is 41.4 Å². The van der Waals surface area contributed by atoms with Gasteiger partial charge in [-0.25, -0.2) is 8.42 Å². The molecule has 1 aromatic carbocycles. The molecule has 1 fully saturated rings. The van der Waals surface area contributed by atoms with Gasteiger partial charge in [0.15, 0.2) is 0 Å². The van der Waals surface area contributed by atoms with Crippen LogP contribution in [-0.4, -0.2) is 71.2 Å². The third-order valence-corrected chi connectivity index (χ3v) is 6.51. The average Bonchev–Trinajstić information content (AvgIpc) is 2.87. The van der Waals surface area contributed by atoms with Gasteiger partial charge in [-0.15, -0.1) is 0 Å². The smallest absolute Gasteiger partial charge is 0.243 e. The van der Waals surface area contributed by atoms with Crippen molar-refractivity contribution in [1.82, 2.24) is 9.21 Å². The molecule has 1 aliphatic rings. The molecule has 0 unspecified atom stereocenters. The van der Waals surface area contributed by atoms with E-state index >= 15 is 0 Å². The fourth-order valence-electron chi connectivity index (χ4n) is 3.01. The number of aryl methyl sites for hydroxylation is 1. The summed E-state index contributed by atoms with van der Waals surface area (Å²) in [5.74, 6) is 0.655. The van der Waals surface area contributed by atoms with Crippen molar-refractivity contribution in [3.8, 4) is 5.75 Å². The molecule has 0 aliphatic carbocycles. The highest BCUT2D eigenvalue weighted by atomic mass is 32.2. The standard InChI is InChI=1S/C16H26N2O4S/c1-12-8-14(21-4)6-7-16(12)23(19,20)18(3)10-13-9-15(22-5)11-17(13)2/h6-8,13,15H,9-11H2,1-5H3/t13-,15-/m0/s1. The first-order valence-corrected chi connectivity index (χ1v) is 9.07. The molecule has 1 heterocycles. The van der Waals surface area contributed by atoms with Crippen LogP contribution in [0.1, 0.15) is 12.0 Å². The van der Waals surface area contributed by atoms with Gasteiger partial charge in [-0.1, -0.05) is 0 Å². The van der Waals surface area contributed by atoms with E-state index in [0.29, 0.717) is 22.8 Å². The Labute approximate surface area is 139 Å². The molecule has 2 rings (SSSR count). The molecule has 6 nitrogen and oxygen atoms in total. The number of hydrogen-bond donors (Lipinski definition) is 0. The van der Waals surface area contributed by atoms with E-state index in [-0.39, 0.29) is 12.1 Å². The van der Waals surface area contributed by atoms with Crippen LogP contribution in [0.15, 0.2) is 23.1 Å². The Kier molecular flexibility index (Phi) is 5.67. The van der Waals surface area contributed by atoms with Crippen LogP contribution in [0.25, 0.3) is 0 Å². The molecule has 1 saturated heterocycles. The van der Waals surface area contributed by atoms with Gasteiger partial charge in [-0.3, -0.25) is 4.90 Å². The summed E-state index contributed by atoms with van der Waals surface area (Å²) in [5, 5.41) is 0. The second-order valence-corrected chi connectivity index (χ2v) is 8.12. The molecular formula is C16H26N2O4S. The van der Waals surface area contributed by atoms with Gasteiger partial charge >= 0.3 is 0 Å². The number of ether oxygens (including phenoxy) is 2. The molecule has 0 N–H and O–H groups in total. The van der Waals surface area contributed by atoms with Crippen LogP contribution in [-0.2, 0) is 14.8 Å². The molecule has 0 aromatic heterocycles. The largest absolute Gasteiger partial charge is 0.497 e. The van der Waals surface area contributed by atoms with Crippen molar-refractivity contribution in [2.45, 2.75) is 30.4 Å². The van der Waals surface area contributed by atoms with Crippen LogP contribution in [0.2, 0.25) is 0 Å². The van der Waals surface area contributed by atoms with Crippen molar-refractivity contribution < 1.29 is 17.9 Å². The van der Waals surface area contributed by atoms with Gasteiger partial charge in [-0.2, -0.15) is 4.31 Å². The van der Waals surface area contributed by atoms with Crippen LogP contribution in [0.3, 0.4) is 0 Å². The molecule has 7 heteroatoms. The summed E-state index contributed by atoms with van der Waals surface area (Å²) in [6.45, 7) is 3.06. The van der Waals surface area contributed by atoms with Gasteiger partial charge in [0.05, 0.1) is 18.1 Å². The summed E-state index contributed by atoms with van der Waals surface area (Å²) >= 11 is 0. The second kappa shape index (κ2) is 7.17. The van der Waals surface area contributed by atoms with Gasteiger partial charge in [0, 0.05) is 33.3 Å². The predicted molar refractivity (Wildman–Crippen MR) is 89.4 cm³/mol. The lowest BCUT2D eigenvalue weighted by atomic mass is 10.2. The first-order valence-electron chi connectivity index (χ1n) is 7.63. The lowest BCUT2D eigenvalue weighted by Crippen LogP contribution is -2.39. The molecule has 23 heavy (non-hydrogen) atoms. The maximum Gasteiger partial charge on any atom is 0.243 e.